The molecule has 0 spiro atoms. The average Bonchev–Trinajstić information content (AvgIpc) is 3.57. The number of nitro benzene ring substituents is 1. The lowest BCUT2D eigenvalue weighted by Gasteiger charge is -2.09. The highest BCUT2D eigenvalue weighted by molar-refractivity contribution is 5.86. The second kappa shape index (κ2) is 9.99. The lowest BCUT2D eigenvalue weighted by atomic mass is 10.0. The summed E-state index contributed by atoms with van der Waals surface area (Å²) < 4.78 is 1.88. The first kappa shape index (κ1) is 23.8. The van der Waals surface area contributed by atoms with Gasteiger partial charge in [0.05, 0.1) is 34.6 Å². The number of fused-ring (bicyclic) bond motifs is 1. The molecule has 0 radical (unpaired) electrons. The summed E-state index contributed by atoms with van der Waals surface area (Å²) in [5, 5.41) is 21.0. The van der Waals surface area contributed by atoms with E-state index in [2.05, 4.69) is 24.9 Å². The summed E-state index contributed by atoms with van der Waals surface area (Å²) in [6, 6.07) is 11.8. The molecular formula is C26H23N7O4. The number of hydrogen-bond acceptors (Lipinski definition) is 7. The highest BCUT2D eigenvalue weighted by atomic mass is 16.6. The van der Waals surface area contributed by atoms with Gasteiger partial charge >= 0.3 is 0 Å². The van der Waals surface area contributed by atoms with Crippen LogP contribution in [0.3, 0.4) is 0 Å². The van der Waals surface area contributed by atoms with Crippen LogP contribution in [0.1, 0.15) is 11.1 Å². The molecule has 11 heteroatoms. The summed E-state index contributed by atoms with van der Waals surface area (Å²) in [6.45, 7) is 1.73. The van der Waals surface area contributed by atoms with Crippen LogP contribution >= 0.6 is 0 Å². The molecule has 1 unspecified atom stereocenters. The average molecular weight is 498 g/mol. The molecule has 0 amide bonds. The predicted molar refractivity (Wildman–Crippen MR) is 140 cm³/mol. The Labute approximate surface area is 210 Å². The van der Waals surface area contributed by atoms with Crippen molar-refractivity contribution in [1.29, 1.82) is 0 Å². The number of nitro groups is 1. The monoisotopic (exact) mass is 497 g/mol. The van der Waals surface area contributed by atoms with Gasteiger partial charge in [0.2, 0.25) is 0 Å². The van der Waals surface area contributed by atoms with Crippen molar-refractivity contribution < 1.29 is 10.0 Å². The molecule has 0 fully saturated rings. The third-order valence-electron chi connectivity index (χ3n) is 6.02. The number of nitrogens with zero attached hydrogens (tertiary/aromatic N) is 5. The Morgan fingerprint density at radius 1 is 1.27 bits per heavy atom. The zero-order valence-corrected chi connectivity index (χ0v) is 19.8. The van der Waals surface area contributed by atoms with Gasteiger partial charge in [-0.3, -0.25) is 19.9 Å². The number of aliphatic imine (C=N–C) groups is 1. The fourth-order valence-corrected chi connectivity index (χ4v) is 4.21. The number of imidazole rings is 2. The topological polar surface area (TPSA) is 155 Å². The molecule has 2 aromatic carbocycles. The van der Waals surface area contributed by atoms with E-state index in [9.17, 15) is 20.0 Å². The van der Waals surface area contributed by atoms with E-state index in [4.69, 9.17) is 0 Å². The Kier molecular flexibility index (Phi) is 6.43. The number of benzene rings is 2. The van der Waals surface area contributed by atoms with Crippen LogP contribution in [0.4, 0.5) is 11.4 Å². The molecule has 0 aliphatic carbocycles. The van der Waals surface area contributed by atoms with Gasteiger partial charge in [-0.2, -0.15) is 0 Å². The second-order valence-corrected chi connectivity index (χ2v) is 8.63. The molecule has 3 heterocycles. The van der Waals surface area contributed by atoms with Crippen LogP contribution < -0.4 is 5.56 Å². The van der Waals surface area contributed by atoms with E-state index in [1.54, 1.807) is 36.9 Å². The van der Waals surface area contributed by atoms with Crippen molar-refractivity contribution in [2.75, 3.05) is 6.61 Å². The van der Waals surface area contributed by atoms with Crippen LogP contribution in [0.2, 0.25) is 0 Å². The maximum atomic E-state index is 12.8. The molecule has 11 nitrogen and oxygen atoms in total. The van der Waals surface area contributed by atoms with Crippen molar-refractivity contribution in [3.05, 3.63) is 99.0 Å². The summed E-state index contributed by atoms with van der Waals surface area (Å²) in [5.41, 5.74) is 4.31. The third-order valence-corrected chi connectivity index (χ3v) is 6.02. The second-order valence-electron chi connectivity index (χ2n) is 8.63. The van der Waals surface area contributed by atoms with Crippen LogP contribution in [0, 0.1) is 23.0 Å². The molecule has 1 atom stereocenters. The summed E-state index contributed by atoms with van der Waals surface area (Å²) in [5.74, 6) is -0.0427. The molecule has 0 saturated heterocycles. The first-order chi connectivity index (χ1) is 17.9. The van der Waals surface area contributed by atoms with Gasteiger partial charge in [0, 0.05) is 48.5 Å². The minimum atomic E-state index is -0.457. The van der Waals surface area contributed by atoms with Crippen molar-refractivity contribution in [2.24, 2.45) is 10.9 Å². The van der Waals surface area contributed by atoms with E-state index < -0.39 is 10.8 Å². The zero-order valence-electron chi connectivity index (χ0n) is 19.8. The first-order valence-electron chi connectivity index (χ1n) is 11.5. The van der Waals surface area contributed by atoms with Crippen LogP contribution in [0.5, 0.6) is 0 Å². The molecular weight excluding hydrogens is 474 g/mol. The van der Waals surface area contributed by atoms with Gasteiger partial charge in [0.1, 0.15) is 11.4 Å². The third kappa shape index (κ3) is 4.93. The Hall–Kier alpha value is -4.90. The molecule has 5 rings (SSSR count). The Bertz CT molecular complexity index is 1670. The van der Waals surface area contributed by atoms with Gasteiger partial charge in [-0.1, -0.05) is 12.1 Å². The highest BCUT2D eigenvalue weighted by Crippen LogP contribution is 2.29. The minimum Gasteiger partial charge on any atom is -0.396 e. The molecule has 3 N–H and O–H groups in total. The number of H-pyrrole nitrogens is 2. The van der Waals surface area contributed by atoms with Crippen molar-refractivity contribution in [2.45, 2.75) is 13.3 Å². The van der Waals surface area contributed by atoms with E-state index in [0.29, 0.717) is 23.5 Å². The van der Waals surface area contributed by atoms with Gasteiger partial charge in [0.15, 0.2) is 0 Å². The molecule has 5 aromatic rings. The summed E-state index contributed by atoms with van der Waals surface area (Å²) in [7, 11) is 0. The quantitative estimate of drug-likeness (QED) is 0.168. The zero-order chi connectivity index (χ0) is 25.9. The number of non-ortho nitro benzene ring substituents is 1. The van der Waals surface area contributed by atoms with Gasteiger partial charge < -0.3 is 19.6 Å². The number of aryl methyl sites for hydroxylation is 1. The van der Waals surface area contributed by atoms with Gasteiger partial charge in [0.25, 0.3) is 11.2 Å². The van der Waals surface area contributed by atoms with E-state index in [1.165, 1.54) is 18.3 Å². The largest absolute Gasteiger partial charge is 0.396 e. The number of aliphatic hydroxyl groups excluding tert-OH is 1. The fourth-order valence-electron chi connectivity index (χ4n) is 4.21. The van der Waals surface area contributed by atoms with Crippen molar-refractivity contribution in [1.82, 2.24) is 24.5 Å². The number of aliphatic hydroxyl groups is 1. The fraction of sp³-hybridized carbons (Fsp3) is 0.154. The van der Waals surface area contributed by atoms with Crippen molar-refractivity contribution in [3.63, 3.8) is 0 Å². The van der Waals surface area contributed by atoms with Crippen LogP contribution in [-0.4, -0.2) is 47.4 Å². The van der Waals surface area contributed by atoms with Gasteiger partial charge in [-0.25, -0.2) is 9.97 Å². The predicted octanol–water partition coefficient (Wildman–Crippen LogP) is 3.87. The van der Waals surface area contributed by atoms with Gasteiger partial charge in [-0.05, 0) is 42.7 Å². The maximum absolute atomic E-state index is 12.8. The molecule has 0 aliphatic heterocycles. The SMILES string of the molecule is Cc1cc(-n2ccnc2)cc2[nH]c(-c3c(N=CC(CO)Cc4cccc([N+](=O)[O-])c4)cc[nH]c3=O)nc12. The Morgan fingerprint density at radius 2 is 2.14 bits per heavy atom. The van der Waals surface area contributed by atoms with E-state index in [0.717, 1.165) is 22.3 Å². The van der Waals surface area contributed by atoms with E-state index in [1.807, 2.05) is 29.8 Å². The molecule has 0 aliphatic rings. The minimum absolute atomic E-state index is 0.0145. The number of rotatable bonds is 8. The van der Waals surface area contributed by atoms with E-state index >= 15 is 0 Å². The molecule has 186 valence electrons. The number of nitrogens with one attached hydrogen (secondary N) is 2. The molecule has 37 heavy (non-hydrogen) atoms. The van der Waals surface area contributed by atoms with E-state index in [-0.39, 0.29) is 23.4 Å². The normalized spacial score (nSPS) is 12.4. The number of aromatic amines is 2. The summed E-state index contributed by atoms with van der Waals surface area (Å²) >= 11 is 0. The number of aromatic nitrogens is 5. The Morgan fingerprint density at radius 3 is 2.89 bits per heavy atom. The standard InChI is InChI=1S/C26H23N7O4/c1-16-9-20(32-8-7-27-15-32)12-22-24(16)31-25(30-22)23-21(5-6-28-26(23)35)29-13-18(14-34)10-17-3-2-4-19(11-17)33(36)37/h2-9,11-13,15,18,34H,10,14H2,1H3,(H,28,35)(H,30,31). The van der Waals surface area contributed by atoms with Gasteiger partial charge in [-0.15, -0.1) is 0 Å². The van der Waals surface area contributed by atoms with Crippen LogP contribution in [0.25, 0.3) is 28.1 Å². The number of pyridine rings is 1. The van der Waals surface area contributed by atoms with Crippen LogP contribution in [0.15, 0.2) is 77.2 Å². The number of hydrogen-bond donors (Lipinski definition) is 3. The smallest absolute Gasteiger partial charge is 0.269 e. The lowest BCUT2D eigenvalue weighted by molar-refractivity contribution is -0.384. The maximum Gasteiger partial charge on any atom is 0.269 e. The molecule has 0 bridgehead atoms. The first-order valence-corrected chi connectivity index (χ1v) is 11.5. The van der Waals surface area contributed by atoms with Crippen molar-refractivity contribution >= 4 is 28.6 Å². The Balaban J connectivity index is 1.48. The summed E-state index contributed by atoms with van der Waals surface area (Å²) in [6.07, 6.45) is 8.65. The lowest BCUT2D eigenvalue weighted by Crippen LogP contribution is -2.12. The summed E-state index contributed by atoms with van der Waals surface area (Å²) in [4.78, 5) is 42.7. The van der Waals surface area contributed by atoms with Crippen LogP contribution in [-0.2, 0) is 6.42 Å². The molecule has 3 aromatic heterocycles. The molecule has 0 saturated carbocycles. The van der Waals surface area contributed by atoms with Crippen molar-refractivity contribution in [3.8, 4) is 17.1 Å². The highest BCUT2D eigenvalue weighted by Gasteiger charge is 2.17.